The van der Waals surface area contributed by atoms with Crippen LogP contribution in [0.25, 0.3) is 0 Å². The SMILES string of the molecule is COc1ccc(OC)c([C@H](C)NC(=O)N[C@H](C)CCc2ccccc2)c1. The van der Waals surface area contributed by atoms with E-state index in [0.29, 0.717) is 0 Å². The molecule has 2 aromatic carbocycles. The summed E-state index contributed by atoms with van der Waals surface area (Å²) in [6, 6.07) is 15.5. The number of nitrogens with one attached hydrogen (secondary N) is 2. The average Bonchev–Trinajstić information content (AvgIpc) is 2.66. The van der Waals surface area contributed by atoms with Crippen LogP contribution in [0.4, 0.5) is 4.79 Å². The summed E-state index contributed by atoms with van der Waals surface area (Å²) in [6.45, 7) is 3.94. The molecule has 2 aromatic rings. The molecule has 140 valence electrons. The number of hydrogen-bond donors (Lipinski definition) is 2. The van der Waals surface area contributed by atoms with E-state index in [4.69, 9.17) is 9.47 Å². The number of carbonyl (C=O) groups is 1. The van der Waals surface area contributed by atoms with Crippen LogP contribution in [-0.2, 0) is 6.42 Å². The van der Waals surface area contributed by atoms with Crippen molar-refractivity contribution in [2.45, 2.75) is 38.8 Å². The van der Waals surface area contributed by atoms with Crippen molar-refractivity contribution in [3.05, 3.63) is 59.7 Å². The van der Waals surface area contributed by atoms with Crippen LogP contribution in [0.15, 0.2) is 48.5 Å². The van der Waals surface area contributed by atoms with E-state index in [1.165, 1.54) is 5.56 Å². The van der Waals surface area contributed by atoms with Crippen LogP contribution < -0.4 is 20.1 Å². The summed E-state index contributed by atoms with van der Waals surface area (Å²) in [7, 11) is 3.23. The zero-order chi connectivity index (χ0) is 18.9. The molecular weight excluding hydrogens is 328 g/mol. The molecule has 2 N–H and O–H groups in total. The van der Waals surface area contributed by atoms with Crippen molar-refractivity contribution in [3.63, 3.8) is 0 Å². The van der Waals surface area contributed by atoms with Crippen LogP contribution in [0.3, 0.4) is 0 Å². The van der Waals surface area contributed by atoms with Crippen molar-refractivity contribution in [2.24, 2.45) is 0 Å². The van der Waals surface area contributed by atoms with E-state index in [-0.39, 0.29) is 18.1 Å². The Labute approximate surface area is 155 Å². The highest BCUT2D eigenvalue weighted by Crippen LogP contribution is 2.29. The second-order valence-corrected chi connectivity index (χ2v) is 6.37. The fraction of sp³-hybridized carbons (Fsp3) is 0.381. The predicted octanol–water partition coefficient (Wildman–Crippen LogP) is 4.09. The molecule has 0 fully saturated rings. The third kappa shape index (κ3) is 5.69. The minimum Gasteiger partial charge on any atom is -0.497 e. The molecule has 0 aliphatic carbocycles. The Morgan fingerprint density at radius 1 is 1.00 bits per heavy atom. The lowest BCUT2D eigenvalue weighted by Crippen LogP contribution is -2.42. The van der Waals surface area contributed by atoms with Crippen LogP contribution in [0.5, 0.6) is 11.5 Å². The van der Waals surface area contributed by atoms with Gasteiger partial charge in [0.05, 0.1) is 20.3 Å². The van der Waals surface area contributed by atoms with Gasteiger partial charge in [-0.2, -0.15) is 0 Å². The molecule has 26 heavy (non-hydrogen) atoms. The molecule has 5 nitrogen and oxygen atoms in total. The molecule has 0 bridgehead atoms. The van der Waals surface area contributed by atoms with Crippen LogP contribution in [-0.4, -0.2) is 26.3 Å². The van der Waals surface area contributed by atoms with Gasteiger partial charge in [-0.25, -0.2) is 4.79 Å². The standard InChI is InChI=1S/C21H28N2O3/c1-15(10-11-17-8-6-5-7-9-17)22-21(24)23-16(2)19-14-18(25-3)12-13-20(19)26-4/h5-9,12-16H,10-11H2,1-4H3,(H2,22,23,24)/t15-,16+/m1/s1. The first-order valence-electron chi connectivity index (χ1n) is 8.86. The van der Waals surface area contributed by atoms with Crippen molar-refractivity contribution in [1.82, 2.24) is 10.6 Å². The van der Waals surface area contributed by atoms with Gasteiger partial charge in [-0.3, -0.25) is 0 Å². The summed E-state index contributed by atoms with van der Waals surface area (Å²) in [5, 5.41) is 5.96. The molecule has 2 rings (SSSR count). The molecule has 0 spiro atoms. The second kappa shape index (κ2) is 9.70. The number of hydrogen-bond acceptors (Lipinski definition) is 3. The third-order valence-electron chi connectivity index (χ3n) is 4.34. The summed E-state index contributed by atoms with van der Waals surface area (Å²) in [4.78, 5) is 12.3. The smallest absolute Gasteiger partial charge is 0.315 e. The molecule has 0 saturated carbocycles. The lowest BCUT2D eigenvalue weighted by Gasteiger charge is -2.20. The predicted molar refractivity (Wildman–Crippen MR) is 104 cm³/mol. The van der Waals surface area contributed by atoms with Gasteiger partial charge in [0.15, 0.2) is 0 Å². The van der Waals surface area contributed by atoms with E-state index in [0.717, 1.165) is 29.9 Å². The quantitative estimate of drug-likeness (QED) is 0.749. The largest absolute Gasteiger partial charge is 0.497 e. The topological polar surface area (TPSA) is 59.6 Å². The van der Waals surface area contributed by atoms with Gasteiger partial charge in [0, 0.05) is 11.6 Å². The number of urea groups is 1. The first kappa shape index (κ1) is 19.6. The molecule has 0 saturated heterocycles. The Kier molecular flexibility index (Phi) is 7.33. The summed E-state index contributed by atoms with van der Waals surface area (Å²) in [5.41, 5.74) is 2.15. The average molecular weight is 356 g/mol. The van der Waals surface area contributed by atoms with Crippen molar-refractivity contribution in [3.8, 4) is 11.5 Å². The maximum absolute atomic E-state index is 12.3. The minimum atomic E-state index is -0.207. The van der Waals surface area contributed by atoms with Gasteiger partial charge in [0.25, 0.3) is 0 Å². The van der Waals surface area contributed by atoms with E-state index in [9.17, 15) is 4.79 Å². The van der Waals surface area contributed by atoms with E-state index >= 15 is 0 Å². The molecular formula is C21H28N2O3. The molecule has 0 aromatic heterocycles. The van der Waals surface area contributed by atoms with Crippen molar-refractivity contribution < 1.29 is 14.3 Å². The van der Waals surface area contributed by atoms with Crippen molar-refractivity contribution in [2.75, 3.05) is 14.2 Å². The summed E-state index contributed by atoms with van der Waals surface area (Å²) < 4.78 is 10.7. The number of benzene rings is 2. The molecule has 0 aliphatic heterocycles. The lowest BCUT2D eigenvalue weighted by molar-refractivity contribution is 0.234. The molecule has 0 radical (unpaired) electrons. The number of methoxy groups -OCH3 is 2. The normalized spacial score (nSPS) is 12.8. The van der Waals surface area contributed by atoms with Gasteiger partial charge in [-0.1, -0.05) is 30.3 Å². The number of ether oxygens (including phenoxy) is 2. The van der Waals surface area contributed by atoms with Gasteiger partial charge >= 0.3 is 6.03 Å². The Bertz CT molecular complexity index is 704. The van der Waals surface area contributed by atoms with Crippen LogP contribution in [0.2, 0.25) is 0 Å². The van der Waals surface area contributed by atoms with Gasteiger partial charge < -0.3 is 20.1 Å². The zero-order valence-electron chi connectivity index (χ0n) is 15.9. The highest BCUT2D eigenvalue weighted by molar-refractivity contribution is 5.74. The fourth-order valence-corrected chi connectivity index (χ4v) is 2.82. The molecule has 2 amide bonds. The fourth-order valence-electron chi connectivity index (χ4n) is 2.82. The number of rotatable bonds is 8. The number of amides is 2. The Morgan fingerprint density at radius 2 is 1.73 bits per heavy atom. The number of aryl methyl sites for hydroxylation is 1. The summed E-state index contributed by atoms with van der Waals surface area (Å²) >= 11 is 0. The van der Waals surface area contributed by atoms with Crippen LogP contribution >= 0.6 is 0 Å². The van der Waals surface area contributed by atoms with Crippen molar-refractivity contribution in [1.29, 1.82) is 0 Å². The van der Waals surface area contributed by atoms with E-state index < -0.39 is 0 Å². The lowest BCUT2D eigenvalue weighted by atomic mass is 10.1. The van der Waals surface area contributed by atoms with Gasteiger partial charge in [-0.15, -0.1) is 0 Å². The monoisotopic (exact) mass is 356 g/mol. The first-order chi connectivity index (χ1) is 12.5. The second-order valence-electron chi connectivity index (χ2n) is 6.37. The highest BCUT2D eigenvalue weighted by atomic mass is 16.5. The number of carbonyl (C=O) groups excluding carboxylic acids is 1. The third-order valence-corrected chi connectivity index (χ3v) is 4.34. The highest BCUT2D eigenvalue weighted by Gasteiger charge is 2.16. The van der Waals surface area contributed by atoms with Gasteiger partial charge in [0.1, 0.15) is 11.5 Å². The maximum Gasteiger partial charge on any atom is 0.315 e. The molecule has 5 heteroatoms. The van der Waals surface area contributed by atoms with E-state index in [1.807, 2.05) is 50.2 Å². The van der Waals surface area contributed by atoms with Gasteiger partial charge in [-0.05, 0) is 50.5 Å². The van der Waals surface area contributed by atoms with E-state index in [1.54, 1.807) is 14.2 Å². The molecule has 0 heterocycles. The minimum absolute atomic E-state index is 0.0783. The first-order valence-corrected chi connectivity index (χ1v) is 8.86. The Morgan fingerprint density at radius 3 is 2.38 bits per heavy atom. The van der Waals surface area contributed by atoms with Crippen molar-refractivity contribution >= 4 is 6.03 Å². The summed E-state index contributed by atoms with van der Waals surface area (Å²) in [5.74, 6) is 1.45. The van der Waals surface area contributed by atoms with Crippen LogP contribution in [0, 0.1) is 0 Å². The zero-order valence-corrected chi connectivity index (χ0v) is 15.9. The molecule has 2 atom stereocenters. The summed E-state index contributed by atoms with van der Waals surface area (Å²) in [6.07, 6.45) is 1.82. The van der Waals surface area contributed by atoms with Crippen LogP contribution in [0.1, 0.15) is 37.4 Å². The van der Waals surface area contributed by atoms with E-state index in [2.05, 4.69) is 22.8 Å². The Balaban J connectivity index is 1.88. The molecule has 0 unspecified atom stereocenters. The Hall–Kier alpha value is -2.69. The van der Waals surface area contributed by atoms with Gasteiger partial charge in [0.2, 0.25) is 0 Å². The maximum atomic E-state index is 12.3. The molecule has 0 aliphatic rings.